The summed E-state index contributed by atoms with van der Waals surface area (Å²) in [7, 11) is 0. The molecular weight excluding hydrogens is 376 g/mol. The molecule has 0 saturated heterocycles. The quantitative estimate of drug-likeness (QED) is 0.471. The summed E-state index contributed by atoms with van der Waals surface area (Å²) in [6.45, 7) is -0.618. The Kier molecular flexibility index (Phi) is 7.91. The van der Waals surface area contributed by atoms with Crippen LogP contribution in [0, 0.1) is 22.7 Å². The van der Waals surface area contributed by atoms with E-state index in [1.807, 2.05) is 0 Å². The molecule has 0 N–H and O–H groups in total. The molecule has 2 rings (SSSR count). The van der Waals surface area contributed by atoms with Gasteiger partial charge in [0.25, 0.3) is 0 Å². The summed E-state index contributed by atoms with van der Waals surface area (Å²) in [6.07, 6.45) is -0.218. The van der Waals surface area contributed by atoms with E-state index in [0.29, 0.717) is 16.9 Å². The van der Waals surface area contributed by atoms with Gasteiger partial charge in [0.05, 0.1) is 18.1 Å². The van der Waals surface area contributed by atoms with E-state index in [2.05, 4.69) is 4.74 Å². The number of esters is 2. The first-order valence-corrected chi connectivity index (χ1v) is 8.45. The highest BCUT2D eigenvalue weighted by Gasteiger charge is 2.10. The van der Waals surface area contributed by atoms with Crippen LogP contribution in [0.3, 0.4) is 0 Å². The average molecular weight is 392 g/mol. The van der Waals surface area contributed by atoms with Crippen molar-refractivity contribution in [2.45, 2.75) is 13.0 Å². The van der Waals surface area contributed by atoms with E-state index in [4.69, 9.17) is 20.0 Å². The molecule has 0 bridgehead atoms. The van der Waals surface area contributed by atoms with Gasteiger partial charge in [0, 0.05) is 5.56 Å². The predicted octanol–water partition coefficient (Wildman–Crippen LogP) is 2.59. The molecule has 29 heavy (non-hydrogen) atoms. The van der Waals surface area contributed by atoms with E-state index in [0.717, 1.165) is 0 Å². The Labute approximate surface area is 166 Å². The van der Waals surface area contributed by atoms with Gasteiger partial charge in [-0.05, 0) is 29.8 Å². The number of hydrogen-bond acceptors (Lipinski definition) is 8. The zero-order chi connectivity index (χ0) is 21.1. The Balaban J connectivity index is 1.83. The molecular formula is C21H16N2O6. The Morgan fingerprint density at radius 3 is 2.10 bits per heavy atom. The molecule has 0 aliphatic carbocycles. The van der Waals surface area contributed by atoms with E-state index in [-0.39, 0.29) is 37.6 Å². The molecule has 0 heterocycles. The minimum Gasteiger partial charge on any atom is -0.482 e. The first-order valence-electron chi connectivity index (χ1n) is 8.45. The number of ketones is 1. The minimum atomic E-state index is -0.648. The van der Waals surface area contributed by atoms with E-state index >= 15 is 0 Å². The second-order valence-electron chi connectivity index (χ2n) is 5.66. The van der Waals surface area contributed by atoms with Crippen molar-refractivity contribution in [3.05, 3.63) is 65.2 Å². The van der Waals surface area contributed by atoms with Crippen LogP contribution in [0.1, 0.15) is 32.7 Å². The molecule has 146 valence electrons. The first-order chi connectivity index (χ1) is 14.0. The number of hydrogen-bond donors (Lipinski definition) is 0. The number of nitrogens with zero attached hydrogens (tertiary/aromatic N) is 2. The summed E-state index contributed by atoms with van der Waals surface area (Å²) in [5.41, 5.74) is 1.35. The number of carbonyl (C=O) groups excluding carboxylic acids is 3. The smallest absolute Gasteiger partial charge is 0.345 e. The SMILES string of the molecule is N#CCOC(=O)COc1ccc(COC(=O)c2ccc(C(=O)CC#N)cc2)cc1. The van der Waals surface area contributed by atoms with Crippen molar-refractivity contribution in [3.63, 3.8) is 0 Å². The van der Waals surface area contributed by atoms with Crippen LogP contribution >= 0.6 is 0 Å². The lowest BCUT2D eigenvalue weighted by Gasteiger charge is -2.08. The highest BCUT2D eigenvalue weighted by molar-refractivity contribution is 5.98. The fourth-order valence-corrected chi connectivity index (χ4v) is 2.18. The van der Waals surface area contributed by atoms with Crippen molar-refractivity contribution >= 4 is 17.7 Å². The Morgan fingerprint density at radius 2 is 1.48 bits per heavy atom. The number of benzene rings is 2. The van der Waals surface area contributed by atoms with Gasteiger partial charge in [-0.1, -0.05) is 24.3 Å². The number of nitriles is 2. The van der Waals surface area contributed by atoms with Gasteiger partial charge < -0.3 is 14.2 Å². The van der Waals surface area contributed by atoms with Crippen molar-refractivity contribution in [3.8, 4) is 17.9 Å². The van der Waals surface area contributed by atoms with Gasteiger partial charge >= 0.3 is 11.9 Å². The normalized spacial score (nSPS) is 9.59. The Hall–Kier alpha value is -4.17. The second kappa shape index (κ2) is 10.9. The van der Waals surface area contributed by atoms with Gasteiger partial charge in [0.15, 0.2) is 19.0 Å². The van der Waals surface area contributed by atoms with E-state index in [1.54, 1.807) is 36.4 Å². The summed E-state index contributed by atoms with van der Waals surface area (Å²) in [4.78, 5) is 35.0. The van der Waals surface area contributed by atoms with Crippen LogP contribution in [0.2, 0.25) is 0 Å². The summed E-state index contributed by atoms with van der Waals surface area (Å²) in [5, 5.41) is 16.9. The molecule has 2 aromatic rings. The van der Waals surface area contributed by atoms with Crippen molar-refractivity contribution in [1.82, 2.24) is 0 Å². The van der Waals surface area contributed by atoms with Crippen LogP contribution in [0.4, 0.5) is 0 Å². The number of rotatable bonds is 9. The third-order valence-corrected chi connectivity index (χ3v) is 3.63. The standard InChI is InChI=1S/C21H16N2O6/c22-10-9-19(24)16-3-5-17(6-4-16)21(26)29-13-15-1-7-18(8-2-15)28-14-20(25)27-12-11-23/h1-8H,9,12-14H2. The third-order valence-electron chi connectivity index (χ3n) is 3.63. The molecule has 8 nitrogen and oxygen atoms in total. The molecule has 0 atom stereocenters. The lowest BCUT2D eigenvalue weighted by Crippen LogP contribution is -2.14. The van der Waals surface area contributed by atoms with Crippen molar-refractivity contribution in [2.24, 2.45) is 0 Å². The summed E-state index contributed by atoms with van der Waals surface area (Å²) >= 11 is 0. The van der Waals surface area contributed by atoms with Crippen molar-refractivity contribution in [2.75, 3.05) is 13.2 Å². The van der Waals surface area contributed by atoms with Crippen LogP contribution in [-0.4, -0.2) is 30.9 Å². The average Bonchev–Trinajstić information content (AvgIpc) is 2.75. The summed E-state index contributed by atoms with van der Waals surface area (Å²) < 4.78 is 15.0. The zero-order valence-electron chi connectivity index (χ0n) is 15.3. The molecule has 0 fully saturated rings. The largest absolute Gasteiger partial charge is 0.482 e. The topological polar surface area (TPSA) is 126 Å². The van der Waals surface area contributed by atoms with Gasteiger partial charge in [-0.15, -0.1) is 0 Å². The summed E-state index contributed by atoms with van der Waals surface area (Å²) in [6, 6.07) is 15.9. The maximum Gasteiger partial charge on any atom is 0.345 e. The van der Waals surface area contributed by atoms with E-state index in [1.165, 1.54) is 24.3 Å². The fourth-order valence-electron chi connectivity index (χ4n) is 2.18. The molecule has 0 spiro atoms. The van der Waals surface area contributed by atoms with Crippen LogP contribution in [-0.2, 0) is 20.9 Å². The molecule has 0 aromatic heterocycles. The lowest BCUT2D eigenvalue weighted by atomic mass is 10.1. The molecule has 2 aromatic carbocycles. The van der Waals surface area contributed by atoms with Crippen LogP contribution < -0.4 is 4.74 Å². The maximum atomic E-state index is 12.1. The van der Waals surface area contributed by atoms with Crippen molar-refractivity contribution < 1.29 is 28.6 Å². The molecule has 0 amide bonds. The summed E-state index contributed by atoms with van der Waals surface area (Å²) in [5.74, 6) is -1.09. The molecule has 0 aliphatic heterocycles. The van der Waals surface area contributed by atoms with Crippen LogP contribution in [0.25, 0.3) is 0 Å². The van der Waals surface area contributed by atoms with Gasteiger partial charge in [-0.25, -0.2) is 9.59 Å². The highest BCUT2D eigenvalue weighted by Crippen LogP contribution is 2.14. The zero-order valence-corrected chi connectivity index (χ0v) is 15.3. The number of ether oxygens (including phenoxy) is 3. The number of carbonyl (C=O) groups is 3. The Bertz CT molecular complexity index is 953. The molecule has 0 aliphatic rings. The fraction of sp³-hybridized carbons (Fsp3) is 0.190. The predicted molar refractivity (Wildman–Crippen MR) is 98.6 cm³/mol. The van der Waals surface area contributed by atoms with Crippen LogP contribution in [0.15, 0.2) is 48.5 Å². The molecule has 8 heteroatoms. The maximum absolute atomic E-state index is 12.1. The van der Waals surface area contributed by atoms with Gasteiger partial charge in [-0.3, -0.25) is 4.79 Å². The van der Waals surface area contributed by atoms with E-state index in [9.17, 15) is 14.4 Å². The van der Waals surface area contributed by atoms with Gasteiger partial charge in [0.1, 0.15) is 18.4 Å². The highest BCUT2D eigenvalue weighted by atomic mass is 16.6. The van der Waals surface area contributed by atoms with E-state index < -0.39 is 11.9 Å². The molecule has 0 unspecified atom stereocenters. The lowest BCUT2D eigenvalue weighted by molar-refractivity contribution is -0.144. The van der Waals surface area contributed by atoms with Crippen LogP contribution in [0.5, 0.6) is 5.75 Å². The van der Waals surface area contributed by atoms with Gasteiger partial charge in [0.2, 0.25) is 0 Å². The minimum absolute atomic E-state index is 0.0262. The monoisotopic (exact) mass is 392 g/mol. The Morgan fingerprint density at radius 1 is 0.828 bits per heavy atom. The van der Waals surface area contributed by atoms with Crippen molar-refractivity contribution in [1.29, 1.82) is 10.5 Å². The third kappa shape index (κ3) is 6.81. The second-order valence-corrected chi connectivity index (χ2v) is 5.66. The molecule has 0 saturated carbocycles. The molecule has 0 radical (unpaired) electrons. The number of Topliss-reactive ketones (excluding diaryl/α,β-unsaturated/α-hetero) is 1. The van der Waals surface area contributed by atoms with Gasteiger partial charge in [-0.2, -0.15) is 10.5 Å². The first kappa shape index (κ1) is 21.1.